The van der Waals surface area contributed by atoms with Crippen molar-refractivity contribution in [3.05, 3.63) is 60.4 Å². The molecule has 1 N–H and O–H groups in total. The van der Waals surface area contributed by atoms with Gasteiger partial charge in [0.1, 0.15) is 6.33 Å². The number of fused-ring (bicyclic) bond motifs is 1. The predicted octanol–water partition coefficient (Wildman–Crippen LogP) is 4.09. The van der Waals surface area contributed by atoms with E-state index in [1.54, 1.807) is 0 Å². The third-order valence-electron chi connectivity index (χ3n) is 3.86. The fourth-order valence-electron chi connectivity index (χ4n) is 2.80. The van der Waals surface area contributed by atoms with Crippen LogP contribution in [0.3, 0.4) is 0 Å². The van der Waals surface area contributed by atoms with Crippen molar-refractivity contribution in [3.63, 3.8) is 0 Å². The molecule has 3 heteroatoms. The molecule has 1 heterocycles. The van der Waals surface area contributed by atoms with Crippen LogP contribution in [-0.2, 0) is 0 Å². The van der Waals surface area contributed by atoms with Gasteiger partial charge in [0.2, 0.25) is 0 Å². The molecule has 1 atom stereocenters. The molecule has 0 aliphatic carbocycles. The van der Waals surface area contributed by atoms with E-state index in [4.69, 9.17) is 0 Å². The average molecular weight is 279 g/mol. The Morgan fingerprint density at radius 2 is 1.95 bits per heavy atom. The Morgan fingerprint density at radius 1 is 1.10 bits per heavy atom. The number of nitrogens with one attached hydrogen (secondary N) is 1. The molecular formula is C18H21N3. The van der Waals surface area contributed by atoms with Crippen molar-refractivity contribution in [3.8, 4) is 5.69 Å². The van der Waals surface area contributed by atoms with Crippen molar-refractivity contribution >= 4 is 11.0 Å². The Hall–Kier alpha value is -2.13. The molecule has 0 amide bonds. The third kappa shape index (κ3) is 2.69. The minimum absolute atomic E-state index is 0.407. The van der Waals surface area contributed by atoms with Crippen molar-refractivity contribution in [2.24, 2.45) is 0 Å². The molecule has 0 saturated carbocycles. The van der Waals surface area contributed by atoms with E-state index in [0.29, 0.717) is 6.04 Å². The SMILES string of the molecule is CCNC(CC)c1cccc(-n2cnc3ccccc32)c1. The van der Waals surface area contributed by atoms with Gasteiger partial charge < -0.3 is 5.32 Å². The maximum atomic E-state index is 4.47. The molecular weight excluding hydrogens is 258 g/mol. The molecule has 0 aliphatic rings. The first-order valence-corrected chi connectivity index (χ1v) is 7.59. The zero-order valence-electron chi connectivity index (χ0n) is 12.6. The summed E-state index contributed by atoms with van der Waals surface area (Å²) in [6.45, 7) is 5.35. The summed E-state index contributed by atoms with van der Waals surface area (Å²) in [7, 11) is 0. The number of para-hydroxylation sites is 2. The highest BCUT2D eigenvalue weighted by Gasteiger charge is 2.10. The molecule has 1 unspecified atom stereocenters. The zero-order valence-corrected chi connectivity index (χ0v) is 12.6. The maximum absolute atomic E-state index is 4.47. The van der Waals surface area contributed by atoms with E-state index in [9.17, 15) is 0 Å². The van der Waals surface area contributed by atoms with Crippen LogP contribution in [0.1, 0.15) is 31.9 Å². The van der Waals surface area contributed by atoms with E-state index in [-0.39, 0.29) is 0 Å². The van der Waals surface area contributed by atoms with Gasteiger partial charge in [0.05, 0.1) is 11.0 Å². The lowest BCUT2D eigenvalue weighted by molar-refractivity contribution is 0.537. The van der Waals surface area contributed by atoms with E-state index in [1.807, 2.05) is 18.5 Å². The van der Waals surface area contributed by atoms with Crippen LogP contribution in [0.15, 0.2) is 54.9 Å². The fourth-order valence-corrected chi connectivity index (χ4v) is 2.80. The Kier molecular flexibility index (Phi) is 4.02. The first-order chi connectivity index (χ1) is 10.3. The first-order valence-electron chi connectivity index (χ1n) is 7.59. The van der Waals surface area contributed by atoms with Crippen LogP contribution in [-0.4, -0.2) is 16.1 Å². The second-order valence-electron chi connectivity index (χ2n) is 5.22. The molecule has 0 bridgehead atoms. The van der Waals surface area contributed by atoms with E-state index < -0.39 is 0 Å². The number of hydrogen-bond donors (Lipinski definition) is 1. The standard InChI is InChI=1S/C18H21N3/c1-3-16(19-4-2)14-8-7-9-15(12-14)21-13-20-17-10-5-6-11-18(17)21/h5-13,16,19H,3-4H2,1-2H3. The van der Waals surface area contributed by atoms with Crippen LogP contribution in [0.2, 0.25) is 0 Å². The van der Waals surface area contributed by atoms with Crippen molar-refractivity contribution < 1.29 is 0 Å². The van der Waals surface area contributed by atoms with Gasteiger partial charge in [-0.2, -0.15) is 0 Å². The zero-order chi connectivity index (χ0) is 14.7. The summed E-state index contributed by atoms with van der Waals surface area (Å²) >= 11 is 0. The predicted molar refractivity (Wildman–Crippen MR) is 87.8 cm³/mol. The third-order valence-corrected chi connectivity index (χ3v) is 3.86. The normalized spacial score (nSPS) is 12.7. The summed E-state index contributed by atoms with van der Waals surface area (Å²) in [5, 5.41) is 3.53. The molecule has 0 saturated heterocycles. The second-order valence-corrected chi connectivity index (χ2v) is 5.22. The number of rotatable bonds is 5. The highest BCUT2D eigenvalue weighted by molar-refractivity contribution is 5.77. The smallest absolute Gasteiger partial charge is 0.100 e. The average Bonchev–Trinajstić information content (AvgIpc) is 2.97. The summed E-state index contributed by atoms with van der Waals surface area (Å²) in [5.41, 5.74) is 4.67. The molecule has 3 rings (SSSR count). The largest absolute Gasteiger partial charge is 0.310 e. The molecule has 0 aliphatic heterocycles. The quantitative estimate of drug-likeness (QED) is 0.762. The number of benzene rings is 2. The summed E-state index contributed by atoms with van der Waals surface area (Å²) in [6, 6.07) is 17.3. The minimum atomic E-state index is 0.407. The first kappa shape index (κ1) is 13.8. The summed E-state index contributed by atoms with van der Waals surface area (Å²) in [4.78, 5) is 4.47. The molecule has 108 valence electrons. The highest BCUT2D eigenvalue weighted by Crippen LogP contribution is 2.22. The number of imidazole rings is 1. The van der Waals surface area contributed by atoms with Gasteiger partial charge in [-0.3, -0.25) is 4.57 Å². The van der Waals surface area contributed by atoms with Crippen molar-refractivity contribution in [1.29, 1.82) is 0 Å². The molecule has 0 fully saturated rings. The summed E-state index contributed by atoms with van der Waals surface area (Å²) in [5.74, 6) is 0. The van der Waals surface area contributed by atoms with Gasteiger partial charge in [0.25, 0.3) is 0 Å². The van der Waals surface area contributed by atoms with Crippen LogP contribution in [0.4, 0.5) is 0 Å². The van der Waals surface area contributed by atoms with Crippen LogP contribution in [0.5, 0.6) is 0 Å². The van der Waals surface area contributed by atoms with E-state index in [0.717, 1.165) is 29.7 Å². The van der Waals surface area contributed by atoms with Gasteiger partial charge in [0.15, 0.2) is 0 Å². The van der Waals surface area contributed by atoms with Crippen LogP contribution in [0.25, 0.3) is 16.7 Å². The molecule has 1 aromatic heterocycles. The van der Waals surface area contributed by atoms with Crippen molar-refractivity contribution in [2.45, 2.75) is 26.3 Å². The Bertz CT molecular complexity index is 730. The molecule has 3 aromatic rings. The van der Waals surface area contributed by atoms with Gasteiger partial charge in [-0.1, -0.05) is 38.1 Å². The second kappa shape index (κ2) is 6.10. The minimum Gasteiger partial charge on any atom is -0.310 e. The van der Waals surface area contributed by atoms with Gasteiger partial charge in [-0.25, -0.2) is 4.98 Å². The maximum Gasteiger partial charge on any atom is 0.100 e. The van der Waals surface area contributed by atoms with Gasteiger partial charge >= 0.3 is 0 Å². The molecule has 2 aromatic carbocycles. The van der Waals surface area contributed by atoms with E-state index >= 15 is 0 Å². The lowest BCUT2D eigenvalue weighted by atomic mass is 10.0. The molecule has 0 radical (unpaired) electrons. The van der Waals surface area contributed by atoms with Crippen LogP contribution in [0, 0.1) is 0 Å². The lowest BCUT2D eigenvalue weighted by Crippen LogP contribution is -2.20. The van der Waals surface area contributed by atoms with Crippen molar-refractivity contribution in [2.75, 3.05) is 6.54 Å². The van der Waals surface area contributed by atoms with Gasteiger partial charge in [-0.15, -0.1) is 0 Å². The molecule has 21 heavy (non-hydrogen) atoms. The Balaban J connectivity index is 2.03. The van der Waals surface area contributed by atoms with Crippen LogP contribution < -0.4 is 5.32 Å². The Morgan fingerprint density at radius 3 is 2.76 bits per heavy atom. The molecule has 3 nitrogen and oxygen atoms in total. The van der Waals surface area contributed by atoms with Gasteiger partial charge in [0, 0.05) is 11.7 Å². The number of nitrogens with zero attached hydrogens (tertiary/aromatic N) is 2. The number of hydrogen-bond acceptors (Lipinski definition) is 2. The fraction of sp³-hybridized carbons (Fsp3) is 0.278. The lowest BCUT2D eigenvalue weighted by Gasteiger charge is -2.17. The molecule has 0 spiro atoms. The Labute approximate surface area is 125 Å². The van der Waals surface area contributed by atoms with Crippen LogP contribution >= 0.6 is 0 Å². The highest BCUT2D eigenvalue weighted by atomic mass is 15.0. The summed E-state index contributed by atoms with van der Waals surface area (Å²) < 4.78 is 2.15. The number of aromatic nitrogens is 2. The monoisotopic (exact) mass is 279 g/mol. The van der Waals surface area contributed by atoms with E-state index in [2.05, 4.69) is 65.1 Å². The topological polar surface area (TPSA) is 29.9 Å². The van der Waals surface area contributed by atoms with Crippen molar-refractivity contribution in [1.82, 2.24) is 14.9 Å². The van der Waals surface area contributed by atoms with E-state index in [1.165, 1.54) is 5.56 Å². The van der Waals surface area contributed by atoms with Gasteiger partial charge in [-0.05, 0) is 42.8 Å². The summed E-state index contributed by atoms with van der Waals surface area (Å²) in [6.07, 6.45) is 2.99.